The number of fused-ring (bicyclic) bond motifs is 1. The molecule has 1 saturated carbocycles. The second-order valence-electron chi connectivity index (χ2n) is 7.14. The van der Waals surface area contributed by atoms with E-state index >= 15 is 0 Å². The third-order valence-corrected chi connectivity index (χ3v) is 5.78. The number of benzene rings is 1. The second-order valence-corrected chi connectivity index (χ2v) is 8.92. The number of sulfonamides is 1. The number of nitrogens with one attached hydrogen (secondary N) is 2. The highest BCUT2D eigenvalue weighted by Crippen LogP contribution is 2.31. The van der Waals surface area contributed by atoms with Crippen molar-refractivity contribution < 1.29 is 13.2 Å². The molecule has 0 radical (unpaired) electrons. The fraction of sp³-hybridized carbons (Fsp3) is 0.611. The molecule has 1 aliphatic heterocycles. The van der Waals surface area contributed by atoms with Gasteiger partial charge in [0.05, 0.1) is 18.9 Å². The average molecular weight is 508 g/mol. The van der Waals surface area contributed by atoms with E-state index in [1.807, 2.05) is 24.3 Å². The summed E-state index contributed by atoms with van der Waals surface area (Å²) in [5, 5.41) is 3.29. The summed E-state index contributed by atoms with van der Waals surface area (Å²) >= 11 is 0. The van der Waals surface area contributed by atoms with E-state index in [1.165, 1.54) is 6.26 Å². The SMILES string of the molecule is CS(=O)(=O)NC1CCCCC1CN=C(N)NC1CCOc2ccccc21.I. The van der Waals surface area contributed by atoms with Gasteiger partial charge < -0.3 is 15.8 Å². The summed E-state index contributed by atoms with van der Waals surface area (Å²) in [5.41, 5.74) is 7.20. The lowest BCUT2D eigenvalue weighted by molar-refractivity contribution is 0.262. The molecule has 1 heterocycles. The first-order valence-corrected chi connectivity index (χ1v) is 11.1. The quantitative estimate of drug-likeness (QED) is 0.321. The van der Waals surface area contributed by atoms with Gasteiger partial charge in [-0.15, -0.1) is 24.0 Å². The molecule has 3 unspecified atom stereocenters. The monoisotopic (exact) mass is 508 g/mol. The minimum absolute atomic E-state index is 0. The summed E-state index contributed by atoms with van der Waals surface area (Å²) in [4.78, 5) is 4.50. The maximum atomic E-state index is 11.6. The smallest absolute Gasteiger partial charge is 0.208 e. The minimum atomic E-state index is -3.21. The maximum Gasteiger partial charge on any atom is 0.208 e. The van der Waals surface area contributed by atoms with Crippen LogP contribution in [0.15, 0.2) is 29.3 Å². The molecule has 152 valence electrons. The van der Waals surface area contributed by atoms with Crippen molar-refractivity contribution in [2.75, 3.05) is 19.4 Å². The van der Waals surface area contributed by atoms with Crippen molar-refractivity contribution in [2.45, 2.75) is 44.2 Å². The Morgan fingerprint density at radius 2 is 2.00 bits per heavy atom. The predicted molar refractivity (Wildman–Crippen MR) is 118 cm³/mol. The Kier molecular flexibility index (Phi) is 8.17. The maximum absolute atomic E-state index is 11.6. The van der Waals surface area contributed by atoms with Gasteiger partial charge in [0.25, 0.3) is 0 Å². The molecule has 1 aromatic carbocycles. The molecular formula is C18H29IN4O3S. The number of aliphatic imine (C=N–C) groups is 1. The zero-order valence-corrected chi connectivity index (χ0v) is 18.7. The van der Waals surface area contributed by atoms with Crippen LogP contribution in [0.25, 0.3) is 0 Å². The average Bonchev–Trinajstić information content (AvgIpc) is 2.60. The Balaban J connectivity index is 0.00000261. The molecule has 4 N–H and O–H groups in total. The van der Waals surface area contributed by atoms with Crippen molar-refractivity contribution in [1.82, 2.24) is 10.0 Å². The van der Waals surface area contributed by atoms with Crippen LogP contribution >= 0.6 is 24.0 Å². The Morgan fingerprint density at radius 3 is 2.78 bits per heavy atom. The molecule has 1 fully saturated rings. The summed E-state index contributed by atoms with van der Waals surface area (Å²) in [6.07, 6.45) is 6.00. The van der Waals surface area contributed by atoms with Crippen LogP contribution < -0.4 is 20.5 Å². The van der Waals surface area contributed by atoms with Gasteiger partial charge in [-0.3, -0.25) is 4.99 Å². The fourth-order valence-corrected chi connectivity index (χ4v) is 4.65. The third kappa shape index (κ3) is 6.49. The first-order valence-electron chi connectivity index (χ1n) is 9.18. The number of halogens is 1. The van der Waals surface area contributed by atoms with Gasteiger partial charge in [0.1, 0.15) is 5.75 Å². The number of ether oxygens (including phenoxy) is 1. The first-order chi connectivity index (χ1) is 12.4. The number of nitrogens with two attached hydrogens (primary N) is 1. The van der Waals surface area contributed by atoms with E-state index in [0.717, 1.165) is 43.4 Å². The van der Waals surface area contributed by atoms with Crippen molar-refractivity contribution in [3.8, 4) is 5.75 Å². The molecule has 0 aromatic heterocycles. The first kappa shape index (κ1) is 22.2. The molecule has 27 heavy (non-hydrogen) atoms. The van der Waals surface area contributed by atoms with E-state index in [2.05, 4.69) is 15.0 Å². The van der Waals surface area contributed by atoms with Crippen molar-refractivity contribution in [3.05, 3.63) is 29.8 Å². The molecule has 9 heteroatoms. The van der Waals surface area contributed by atoms with Crippen molar-refractivity contribution >= 4 is 40.0 Å². The number of hydrogen-bond acceptors (Lipinski definition) is 4. The molecule has 0 spiro atoms. The Morgan fingerprint density at radius 1 is 1.26 bits per heavy atom. The van der Waals surface area contributed by atoms with Gasteiger partial charge in [-0.1, -0.05) is 31.0 Å². The standard InChI is InChI=1S/C18H28N4O3S.HI/c1-26(23,24)22-15-8-4-2-6-13(15)12-20-18(19)21-16-10-11-25-17-9-5-3-7-14(16)17;/h3,5,7,9,13,15-16,22H,2,4,6,8,10-12H2,1H3,(H3,19,20,21);1H. The van der Waals surface area contributed by atoms with Crippen LogP contribution in [0.3, 0.4) is 0 Å². The van der Waals surface area contributed by atoms with Crippen LogP contribution in [0.4, 0.5) is 0 Å². The third-order valence-electron chi connectivity index (χ3n) is 5.05. The largest absolute Gasteiger partial charge is 0.493 e. The number of guanidine groups is 1. The van der Waals surface area contributed by atoms with Crippen LogP contribution in [-0.2, 0) is 10.0 Å². The van der Waals surface area contributed by atoms with E-state index in [-0.39, 0.29) is 42.0 Å². The summed E-state index contributed by atoms with van der Waals surface area (Å²) in [7, 11) is -3.21. The molecule has 1 aliphatic carbocycles. The molecule has 3 atom stereocenters. The van der Waals surface area contributed by atoms with Crippen LogP contribution in [0, 0.1) is 5.92 Å². The van der Waals surface area contributed by atoms with Gasteiger partial charge in [0.15, 0.2) is 5.96 Å². The van der Waals surface area contributed by atoms with E-state index in [4.69, 9.17) is 10.5 Å². The van der Waals surface area contributed by atoms with Gasteiger partial charge in [0, 0.05) is 24.6 Å². The fourth-order valence-electron chi connectivity index (χ4n) is 3.79. The molecule has 3 rings (SSSR count). The van der Waals surface area contributed by atoms with Gasteiger partial charge in [0.2, 0.25) is 10.0 Å². The Labute approximate surface area is 178 Å². The number of rotatable bonds is 5. The Bertz CT molecular complexity index is 757. The summed E-state index contributed by atoms with van der Waals surface area (Å²) < 4.78 is 31.6. The lowest BCUT2D eigenvalue weighted by Crippen LogP contribution is -2.43. The number of nitrogens with zero attached hydrogens (tertiary/aromatic N) is 1. The zero-order valence-electron chi connectivity index (χ0n) is 15.6. The highest BCUT2D eigenvalue weighted by molar-refractivity contribution is 14.0. The highest BCUT2D eigenvalue weighted by Gasteiger charge is 2.27. The molecule has 0 amide bonds. The topological polar surface area (TPSA) is 106 Å². The van der Waals surface area contributed by atoms with E-state index in [0.29, 0.717) is 19.1 Å². The molecule has 1 aromatic rings. The normalized spacial score (nSPS) is 25.7. The zero-order chi connectivity index (χ0) is 18.6. The molecular weight excluding hydrogens is 479 g/mol. The summed E-state index contributed by atoms with van der Waals surface area (Å²) in [6, 6.07) is 7.96. The van der Waals surface area contributed by atoms with Crippen LogP contribution in [-0.4, -0.2) is 39.8 Å². The van der Waals surface area contributed by atoms with E-state index in [1.54, 1.807) is 0 Å². The lowest BCUT2D eigenvalue weighted by Gasteiger charge is -2.31. The Hall–Kier alpha value is -1.07. The number of para-hydroxylation sites is 1. The molecule has 0 saturated heterocycles. The van der Waals surface area contributed by atoms with Crippen molar-refractivity contribution in [3.63, 3.8) is 0 Å². The van der Waals surface area contributed by atoms with Crippen LogP contribution in [0.1, 0.15) is 43.7 Å². The minimum Gasteiger partial charge on any atom is -0.493 e. The van der Waals surface area contributed by atoms with Crippen LogP contribution in [0.2, 0.25) is 0 Å². The van der Waals surface area contributed by atoms with Crippen LogP contribution in [0.5, 0.6) is 5.75 Å². The van der Waals surface area contributed by atoms with E-state index < -0.39 is 10.0 Å². The van der Waals surface area contributed by atoms with Gasteiger partial charge in [-0.2, -0.15) is 0 Å². The lowest BCUT2D eigenvalue weighted by atomic mass is 9.85. The van der Waals surface area contributed by atoms with Gasteiger partial charge in [-0.25, -0.2) is 13.1 Å². The van der Waals surface area contributed by atoms with Crippen molar-refractivity contribution in [2.24, 2.45) is 16.6 Å². The molecule has 2 aliphatic rings. The van der Waals surface area contributed by atoms with Gasteiger partial charge >= 0.3 is 0 Å². The summed E-state index contributed by atoms with van der Waals surface area (Å²) in [5.74, 6) is 1.46. The molecule has 0 bridgehead atoms. The summed E-state index contributed by atoms with van der Waals surface area (Å²) in [6.45, 7) is 1.17. The molecule has 7 nitrogen and oxygen atoms in total. The highest BCUT2D eigenvalue weighted by atomic mass is 127. The van der Waals surface area contributed by atoms with Crippen molar-refractivity contribution in [1.29, 1.82) is 0 Å². The number of hydrogen-bond donors (Lipinski definition) is 3. The predicted octanol–water partition coefficient (Wildman–Crippen LogP) is 2.14. The second kappa shape index (κ2) is 9.92. The van der Waals surface area contributed by atoms with E-state index in [9.17, 15) is 8.42 Å². The van der Waals surface area contributed by atoms with Gasteiger partial charge in [-0.05, 0) is 24.8 Å².